The SMILES string of the molecule is CCc1ccc(C(=O)Nc2cnn(CC(=O)O)c2)cc1. The standard InChI is InChI=1S/C14H15N3O3/c1-2-10-3-5-11(6-4-10)14(20)16-12-7-15-17(8-12)9-13(18)19/h3-8H,2,9H2,1H3,(H,16,20)(H,18,19). The topological polar surface area (TPSA) is 84.2 Å². The predicted molar refractivity (Wildman–Crippen MR) is 73.6 cm³/mol. The van der Waals surface area contributed by atoms with Gasteiger partial charge in [0.2, 0.25) is 0 Å². The van der Waals surface area contributed by atoms with Crippen molar-refractivity contribution in [1.82, 2.24) is 9.78 Å². The van der Waals surface area contributed by atoms with E-state index in [0.717, 1.165) is 12.0 Å². The first-order chi connectivity index (χ1) is 9.58. The van der Waals surface area contributed by atoms with Gasteiger partial charge in [-0.1, -0.05) is 19.1 Å². The van der Waals surface area contributed by atoms with Crippen LogP contribution in [-0.2, 0) is 17.8 Å². The summed E-state index contributed by atoms with van der Waals surface area (Å²) < 4.78 is 1.25. The van der Waals surface area contributed by atoms with Gasteiger partial charge in [0.15, 0.2) is 0 Å². The number of aromatic nitrogens is 2. The van der Waals surface area contributed by atoms with Gasteiger partial charge in [-0.15, -0.1) is 0 Å². The molecule has 0 aliphatic rings. The molecule has 0 unspecified atom stereocenters. The summed E-state index contributed by atoms with van der Waals surface area (Å²) in [7, 11) is 0. The maximum Gasteiger partial charge on any atom is 0.325 e. The fraction of sp³-hybridized carbons (Fsp3) is 0.214. The highest BCUT2D eigenvalue weighted by atomic mass is 16.4. The molecule has 0 saturated carbocycles. The number of rotatable bonds is 5. The van der Waals surface area contributed by atoms with Crippen molar-refractivity contribution < 1.29 is 14.7 Å². The van der Waals surface area contributed by atoms with Gasteiger partial charge in [-0.2, -0.15) is 5.10 Å². The summed E-state index contributed by atoms with van der Waals surface area (Å²) in [6, 6.07) is 7.33. The number of amides is 1. The average Bonchev–Trinajstić information content (AvgIpc) is 2.85. The molecule has 2 rings (SSSR count). The summed E-state index contributed by atoms with van der Waals surface area (Å²) in [4.78, 5) is 22.5. The van der Waals surface area contributed by atoms with Crippen LogP contribution in [0.3, 0.4) is 0 Å². The zero-order valence-electron chi connectivity index (χ0n) is 11.0. The van der Waals surface area contributed by atoms with Crippen LogP contribution >= 0.6 is 0 Å². The van der Waals surface area contributed by atoms with Crippen LogP contribution in [-0.4, -0.2) is 26.8 Å². The lowest BCUT2D eigenvalue weighted by Gasteiger charge is -2.03. The molecular formula is C14H15N3O3. The highest BCUT2D eigenvalue weighted by Crippen LogP contribution is 2.10. The Morgan fingerprint density at radius 3 is 2.60 bits per heavy atom. The maximum absolute atomic E-state index is 12.0. The first-order valence-corrected chi connectivity index (χ1v) is 6.23. The number of carboxylic acids is 1. The number of anilines is 1. The van der Waals surface area contributed by atoms with Crippen LogP contribution < -0.4 is 5.32 Å². The molecule has 1 aromatic heterocycles. The number of aliphatic carboxylic acids is 1. The molecule has 104 valence electrons. The number of nitrogens with zero attached hydrogens (tertiary/aromatic N) is 2. The molecule has 1 aromatic carbocycles. The predicted octanol–water partition coefficient (Wildman–Crippen LogP) is 1.78. The van der Waals surface area contributed by atoms with Gasteiger partial charge in [-0.05, 0) is 24.1 Å². The first kappa shape index (κ1) is 13.8. The van der Waals surface area contributed by atoms with Gasteiger partial charge in [0.1, 0.15) is 6.54 Å². The Balaban J connectivity index is 2.03. The van der Waals surface area contributed by atoms with Crippen LogP contribution in [0.2, 0.25) is 0 Å². The second-order valence-corrected chi connectivity index (χ2v) is 4.32. The Morgan fingerprint density at radius 2 is 2.00 bits per heavy atom. The maximum atomic E-state index is 12.0. The minimum Gasteiger partial charge on any atom is -0.480 e. The van der Waals surface area contributed by atoms with Gasteiger partial charge in [-0.3, -0.25) is 14.3 Å². The fourth-order valence-corrected chi connectivity index (χ4v) is 1.75. The minimum atomic E-state index is -0.985. The van der Waals surface area contributed by atoms with E-state index < -0.39 is 5.97 Å². The van der Waals surface area contributed by atoms with Crippen molar-refractivity contribution in [2.24, 2.45) is 0 Å². The summed E-state index contributed by atoms with van der Waals surface area (Å²) in [5, 5.41) is 15.2. The molecule has 0 radical (unpaired) electrons. The van der Waals surface area contributed by atoms with E-state index in [0.29, 0.717) is 11.3 Å². The third kappa shape index (κ3) is 3.44. The zero-order chi connectivity index (χ0) is 14.5. The van der Waals surface area contributed by atoms with Crippen molar-refractivity contribution in [3.05, 3.63) is 47.8 Å². The Morgan fingerprint density at radius 1 is 1.30 bits per heavy atom. The van der Waals surface area contributed by atoms with Crippen LogP contribution in [0.5, 0.6) is 0 Å². The van der Waals surface area contributed by atoms with Crippen molar-refractivity contribution in [1.29, 1.82) is 0 Å². The van der Waals surface area contributed by atoms with E-state index in [2.05, 4.69) is 10.4 Å². The lowest BCUT2D eigenvalue weighted by atomic mass is 10.1. The van der Waals surface area contributed by atoms with E-state index in [1.807, 2.05) is 19.1 Å². The molecule has 20 heavy (non-hydrogen) atoms. The molecule has 6 heteroatoms. The summed E-state index contributed by atoms with van der Waals surface area (Å²) >= 11 is 0. The van der Waals surface area contributed by atoms with Crippen LogP contribution in [0.15, 0.2) is 36.7 Å². The van der Waals surface area contributed by atoms with Gasteiger partial charge in [0.25, 0.3) is 5.91 Å². The molecular weight excluding hydrogens is 258 g/mol. The molecule has 0 spiro atoms. The molecule has 1 amide bonds. The molecule has 0 atom stereocenters. The van der Waals surface area contributed by atoms with Crippen LogP contribution in [0.25, 0.3) is 0 Å². The van der Waals surface area contributed by atoms with E-state index in [9.17, 15) is 9.59 Å². The van der Waals surface area contributed by atoms with Gasteiger partial charge in [-0.25, -0.2) is 0 Å². The highest BCUT2D eigenvalue weighted by Gasteiger charge is 2.08. The van der Waals surface area contributed by atoms with Crippen LogP contribution in [0.1, 0.15) is 22.8 Å². The molecule has 6 nitrogen and oxygen atoms in total. The molecule has 2 aromatic rings. The Bertz CT molecular complexity index is 617. The highest BCUT2D eigenvalue weighted by molar-refractivity contribution is 6.04. The molecule has 0 fully saturated rings. The van der Waals surface area contributed by atoms with Crippen LogP contribution in [0.4, 0.5) is 5.69 Å². The van der Waals surface area contributed by atoms with Crippen molar-refractivity contribution in [3.63, 3.8) is 0 Å². The second-order valence-electron chi connectivity index (χ2n) is 4.32. The zero-order valence-corrected chi connectivity index (χ0v) is 11.0. The van der Waals surface area contributed by atoms with Gasteiger partial charge in [0, 0.05) is 11.8 Å². The first-order valence-electron chi connectivity index (χ1n) is 6.23. The fourth-order valence-electron chi connectivity index (χ4n) is 1.75. The summed E-state index contributed by atoms with van der Waals surface area (Å²) in [5.41, 5.74) is 2.18. The number of hydrogen-bond acceptors (Lipinski definition) is 3. The molecule has 0 saturated heterocycles. The number of hydrogen-bond donors (Lipinski definition) is 2. The average molecular weight is 273 g/mol. The number of carboxylic acid groups (broad SMARTS) is 1. The second kappa shape index (κ2) is 6.01. The minimum absolute atomic E-state index is 0.235. The lowest BCUT2D eigenvalue weighted by molar-refractivity contribution is -0.137. The Labute approximate surface area is 116 Å². The summed E-state index contributed by atoms with van der Waals surface area (Å²) in [5.74, 6) is -1.23. The lowest BCUT2D eigenvalue weighted by Crippen LogP contribution is -2.12. The third-order valence-electron chi connectivity index (χ3n) is 2.81. The molecule has 2 N–H and O–H groups in total. The molecule has 0 bridgehead atoms. The van der Waals surface area contributed by atoms with Crippen molar-refractivity contribution in [2.75, 3.05) is 5.32 Å². The number of aryl methyl sites for hydroxylation is 1. The quantitative estimate of drug-likeness (QED) is 0.869. The van der Waals surface area contributed by atoms with Crippen LogP contribution in [0, 0.1) is 0 Å². The van der Waals surface area contributed by atoms with Gasteiger partial charge >= 0.3 is 5.97 Å². The normalized spacial score (nSPS) is 10.2. The van der Waals surface area contributed by atoms with E-state index in [-0.39, 0.29) is 12.5 Å². The number of carbonyl (C=O) groups excluding carboxylic acids is 1. The Kier molecular flexibility index (Phi) is 4.14. The smallest absolute Gasteiger partial charge is 0.325 e. The largest absolute Gasteiger partial charge is 0.480 e. The summed E-state index contributed by atoms with van der Waals surface area (Å²) in [6.45, 7) is 1.81. The number of nitrogens with one attached hydrogen (secondary N) is 1. The summed E-state index contributed by atoms with van der Waals surface area (Å²) in [6.07, 6.45) is 3.82. The van der Waals surface area contributed by atoms with Crippen molar-refractivity contribution >= 4 is 17.6 Å². The Hall–Kier alpha value is -2.63. The van der Waals surface area contributed by atoms with E-state index in [4.69, 9.17) is 5.11 Å². The van der Waals surface area contributed by atoms with Crippen molar-refractivity contribution in [2.45, 2.75) is 19.9 Å². The van der Waals surface area contributed by atoms with E-state index in [1.165, 1.54) is 17.1 Å². The van der Waals surface area contributed by atoms with Gasteiger partial charge in [0.05, 0.1) is 11.9 Å². The van der Waals surface area contributed by atoms with E-state index in [1.54, 1.807) is 12.1 Å². The number of carbonyl (C=O) groups is 2. The third-order valence-corrected chi connectivity index (χ3v) is 2.81. The molecule has 0 aliphatic carbocycles. The molecule has 0 aliphatic heterocycles. The monoisotopic (exact) mass is 273 g/mol. The number of benzene rings is 1. The van der Waals surface area contributed by atoms with Crippen molar-refractivity contribution in [3.8, 4) is 0 Å². The van der Waals surface area contributed by atoms with Gasteiger partial charge < -0.3 is 10.4 Å². The molecule has 1 heterocycles. The van der Waals surface area contributed by atoms with E-state index >= 15 is 0 Å².